The van der Waals surface area contributed by atoms with Gasteiger partial charge in [-0.25, -0.2) is 0 Å². The van der Waals surface area contributed by atoms with Crippen LogP contribution in [0.15, 0.2) is 54.6 Å². The number of carbonyl (C=O) groups excluding carboxylic acids is 3. The molecule has 2 aromatic carbocycles. The highest BCUT2D eigenvalue weighted by Crippen LogP contribution is 2.25. The van der Waals surface area contributed by atoms with Crippen molar-refractivity contribution < 1.29 is 23.9 Å². The van der Waals surface area contributed by atoms with E-state index in [0.29, 0.717) is 50.4 Å². The predicted octanol–water partition coefficient (Wildman–Crippen LogP) is 4.41. The van der Waals surface area contributed by atoms with Gasteiger partial charge < -0.3 is 30.3 Å². The summed E-state index contributed by atoms with van der Waals surface area (Å²) < 4.78 is 10.7. The number of likely N-dealkylation sites (tertiary alicyclic amines) is 1. The first-order valence-corrected chi connectivity index (χ1v) is 14.8. The van der Waals surface area contributed by atoms with Crippen LogP contribution in [0.5, 0.6) is 11.5 Å². The van der Waals surface area contributed by atoms with Crippen LogP contribution in [0.3, 0.4) is 0 Å². The molecule has 0 radical (unpaired) electrons. The van der Waals surface area contributed by atoms with Crippen LogP contribution in [0.2, 0.25) is 0 Å². The zero-order valence-corrected chi connectivity index (χ0v) is 26.7. The number of nitrogens with one attached hydrogen (secondary N) is 3. The number of rotatable bonds is 12. The minimum atomic E-state index is -0.457. The van der Waals surface area contributed by atoms with Crippen molar-refractivity contribution >= 4 is 17.7 Å². The van der Waals surface area contributed by atoms with Crippen molar-refractivity contribution in [2.75, 3.05) is 34.4 Å². The van der Waals surface area contributed by atoms with E-state index in [9.17, 15) is 14.4 Å². The van der Waals surface area contributed by atoms with Crippen molar-refractivity contribution in [2.45, 2.75) is 72.5 Å². The van der Waals surface area contributed by atoms with Gasteiger partial charge in [0.05, 0.1) is 20.3 Å². The van der Waals surface area contributed by atoms with Crippen molar-refractivity contribution in [3.05, 3.63) is 60.2 Å². The molecule has 0 spiro atoms. The zero-order valence-electron chi connectivity index (χ0n) is 26.7. The van der Waals surface area contributed by atoms with Crippen molar-refractivity contribution in [2.24, 2.45) is 11.8 Å². The molecule has 1 fully saturated rings. The van der Waals surface area contributed by atoms with E-state index >= 15 is 0 Å². The molecule has 2 unspecified atom stereocenters. The molecule has 1 aliphatic rings. The molecule has 0 bridgehead atoms. The topological polar surface area (TPSA) is 109 Å². The number of nitrogens with zero attached hydrogens (tertiary/aromatic N) is 1. The average Bonchev–Trinajstić information content (AvgIpc) is 2.95. The molecule has 0 aromatic heterocycles. The van der Waals surface area contributed by atoms with E-state index in [1.54, 1.807) is 26.2 Å². The Balaban J connectivity index is 0.000000745. The van der Waals surface area contributed by atoms with Crippen LogP contribution in [-0.4, -0.2) is 69.1 Å². The molecule has 0 saturated carbocycles. The van der Waals surface area contributed by atoms with Gasteiger partial charge >= 0.3 is 0 Å². The Morgan fingerprint density at radius 3 is 2.00 bits per heavy atom. The molecule has 1 saturated heterocycles. The van der Waals surface area contributed by atoms with Gasteiger partial charge in [0.2, 0.25) is 17.7 Å². The molecule has 234 valence electrons. The third kappa shape index (κ3) is 13.4. The molecule has 9 heteroatoms. The van der Waals surface area contributed by atoms with Gasteiger partial charge in [-0.1, -0.05) is 77.1 Å². The summed E-state index contributed by atoms with van der Waals surface area (Å²) in [5.74, 6) is 1.96. The van der Waals surface area contributed by atoms with E-state index in [2.05, 4.69) is 36.7 Å². The Hall–Kier alpha value is -3.59. The molecule has 2 aromatic rings. The van der Waals surface area contributed by atoms with Gasteiger partial charge in [-0.15, -0.1) is 0 Å². The highest BCUT2D eigenvalue weighted by Gasteiger charge is 2.40. The molecule has 0 aliphatic carbocycles. The normalized spacial score (nSPS) is 14.3. The van der Waals surface area contributed by atoms with Crippen LogP contribution in [-0.2, 0) is 20.9 Å². The summed E-state index contributed by atoms with van der Waals surface area (Å²) >= 11 is 0. The second-order valence-corrected chi connectivity index (χ2v) is 11.1. The second kappa shape index (κ2) is 20.3. The van der Waals surface area contributed by atoms with Gasteiger partial charge in [-0.2, -0.15) is 0 Å². The monoisotopic (exact) mass is 584 g/mol. The quantitative estimate of drug-likeness (QED) is 0.319. The summed E-state index contributed by atoms with van der Waals surface area (Å²) in [5.41, 5.74) is 0.917. The van der Waals surface area contributed by atoms with E-state index in [-0.39, 0.29) is 23.6 Å². The first kappa shape index (κ1) is 36.4. The van der Waals surface area contributed by atoms with Crippen molar-refractivity contribution in [3.63, 3.8) is 0 Å². The van der Waals surface area contributed by atoms with Crippen molar-refractivity contribution in [1.29, 1.82) is 0 Å². The number of hydrogen-bond acceptors (Lipinski definition) is 6. The summed E-state index contributed by atoms with van der Waals surface area (Å²) in [6.07, 6.45) is 1.56. The number of carbonyl (C=O) groups is 3. The Morgan fingerprint density at radius 1 is 0.952 bits per heavy atom. The van der Waals surface area contributed by atoms with Crippen LogP contribution in [0.25, 0.3) is 0 Å². The number of hydrogen-bond donors (Lipinski definition) is 3. The molecule has 1 heterocycles. The average molecular weight is 585 g/mol. The van der Waals surface area contributed by atoms with Gasteiger partial charge in [0, 0.05) is 44.7 Å². The maximum atomic E-state index is 13.2. The SMILES string of the molecule is CC(C)C.CNC(=O)CCCNC(=O)C1CCN1C(=O)C(NCc1ccc(OC)cc1OC)C(C)C.c1ccccc1. The van der Waals surface area contributed by atoms with Crippen molar-refractivity contribution in [3.8, 4) is 11.5 Å². The van der Waals surface area contributed by atoms with Gasteiger partial charge in [-0.05, 0) is 30.7 Å². The van der Waals surface area contributed by atoms with Crippen LogP contribution in [0, 0.1) is 11.8 Å². The van der Waals surface area contributed by atoms with Crippen LogP contribution >= 0.6 is 0 Å². The van der Waals surface area contributed by atoms with E-state index in [1.807, 2.05) is 68.4 Å². The van der Waals surface area contributed by atoms with E-state index in [4.69, 9.17) is 9.47 Å². The molecular weight excluding hydrogens is 532 g/mol. The largest absolute Gasteiger partial charge is 0.497 e. The van der Waals surface area contributed by atoms with Crippen LogP contribution < -0.4 is 25.4 Å². The summed E-state index contributed by atoms with van der Waals surface area (Å²) in [6.45, 7) is 11.9. The maximum absolute atomic E-state index is 13.2. The van der Waals surface area contributed by atoms with Crippen LogP contribution in [0.1, 0.15) is 59.4 Å². The molecule has 1 aliphatic heterocycles. The van der Waals surface area contributed by atoms with E-state index < -0.39 is 12.1 Å². The molecule has 3 amide bonds. The third-order valence-corrected chi connectivity index (χ3v) is 6.37. The molecular formula is C33H52N4O5. The smallest absolute Gasteiger partial charge is 0.242 e. The van der Waals surface area contributed by atoms with Crippen molar-refractivity contribution in [1.82, 2.24) is 20.9 Å². The minimum absolute atomic E-state index is 0.0450. The lowest BCUT2D eigenvalue weighted by Gasteiger charge is -2.42. The fraction of sp³-hybridized carbons (Fsp3) is 0.545. The number of ether oxygens (including phenoxy) is 2. The molecule has 3 rings (SSSR count). The first-order chi connectivity index (χ1) is 20.0. The molecule has 3 N–H and O–H groups in total. The van der Waals surface area contributed by atoms with Crippen LogP contribution in [0.4, 0.5) is 0 Å². The Labute approximate surface area is 252 Å². The highest BCUT2D eigenvalue weighted by atomic mass is 16.5. The summed E-state index contributed by atoms with van der Waals surface area (Å²) in [7, 11) is 4.78. The fourth-order valence-electron chi connectivity index (χ4n) is 4.02. The molecule has 9 nitrogen and oxygen atoms in total. The first-order valence-electron chi connectivity index (χ1n) is 14.8. The number of methoxy groups -OCH3 is 2. The lowest BCUT2D eigenvalue weighted by molar-refractivity contribution is -0.149. The summed E-state index contributed by atoms with van der Waals surface area (Å²) in [4.78, 5) is 38.6. The summed E-state index contributed by atoms with van der Waals surface area (Å²) in [6, 6.07) is 16.7. The Kier molecular flexibility index (Phi) is 17.6. The van der Waals surface area contributed by atoms with Gasteiger partial charge in [-0.3, -0.25) is 14.4 Å². The lowest BCUT2D eigenvalue weighted by atomic mass is 9.96. The Morgan fingerprint density at radius 2 is 1.55 bits per heavy atom. The molecule has 2 atom stereocenters. The number of amides is 3. The fourth-order valence-corrected chi connectivity index (χ4v) is 4.02. The van der Waals surface area contributed by atoms with E-state index in [1.165, 1.54) is 0 Å². The maximum Gasteiger partial charge on any atom is 0.242 e. The standard InChI is InChI=1S/C23H36N4O5.C6H6.C4H10/c1-15(2)21(26-14-16-8-9-17(31-4)13-19(16)32-5)23(30)27-12-10-18(27)22(29)25-11-6-7-20(28)24-3;1-2-4-6-5-3-1;1-4(2)3/h8-9,13,15,18,21,26H,6-7,10-12,14H2,1-5H3,(H,24,28)(H,25,29);1-6H;4H,1-3H3. The highest BCUT2D eigenvalue weighted by molar-refractivity contribution is 5.91. The Bertz CT molecular complexity index is 1030. The van der Waals surface area contributed by atoms with E-state index in [0.717, 1.165) is 11.5 Å². The van der Waals surface area contributed by atoms with Gasteiger partial charge in [0.15, 0.2) is 0 Å². The minimum Gasteiger partial charge on any atom is -0.497 e. The zero-order chi connectivity index (χ0) is 31.5. The predicted molar refractivity (Wildman–Crippen MR) is 168 cm³/mol. The number of benzene rings is 2. The molecule has 42 heavy (non-hydrogen) atoms. The second-order valence-electron chi connectivity index (χ2n) is 11.1. The van der Waals surface area contributed by atoms with Gasteiger partial charge in [0.25, 0.3) is 0 Å². The third-order valence-electron chi connectivity index (χ3n) is 6.37. The lowest BCUT2D eigenvalue weighted by Crippen LogP contribution is -2.62. The van der Waals surface area contributed by atoms with Gasteiger partial charge in [0.1, 0.15) is 17.5 Å². The summed E-state index contributed by atoms with van der Waals surface area (Å²) in [5, 5.41) is 8.73.